The molecule has 2 atom stereocenters. The Hall–Kier alpha value is -1.06. The highest BCUT2D eigenvalue weighted by molar-refractivity contribution is 5.72. The predicted octanol–water partition coefficient (Wildman–Crippen LogP) is 7.73. The molecule has 2 unspecified atom stereocenters. The summed E-state index contributed by atoms with van der Waals surface area (Å²) in [5.41, 5.74) is 0. The van der Waals surface area contributed by atoms with Gasteiger partial charge in [0.05, 0.1) is 19.1 Å². The van der Waals surface area contributed by atoms with Crippen molar-refractivity contribution in [3.05, 3.63) is 0 Å². The van der Waals surface area contributed by atoms with Crippen LogP contribution in [0.1, 0.15) is 125 Å². The molecule has 0 saturated carbocycles. The molecule has 4 nitrogen and oxygen atoms in total. The Kier molecular flexibility index (Phi) is 18.9. The van der Waals surface area contributed by atoms with Gasteiger partial charge in [-0.3, -0.25) is 9.59 Å². The van der Waals surface area contributed by atoms with Crippen LogP contribution in [-0.4, -0.2) is 25.2 Å². The van der Waals surface area contributed by atoms with E-state index in [-0.39, 0.29) is 17.9 Å². The van der Waals surface area contributed by atoms with Crippen LogP contribution in [0.4, 0.5) is 0 Å². The van der Waals surface area contributed by atoms with Crippen molar-refractivity contribution in [1.29, 1.82) is 0 Å². The van der Waals surface area contributed by atoms with E-state index in [1.807, 2.05) is 6.92 Å². The SMILES string of the molecule is CC(C)CCOC(=O)CCCCCCCCCCCC(C)C(C)C(=O)OCCC(C)C. The summed E-state index contributed by atoms with van der Waals surface area (Å²) in [4.78, 5) is 23.7. The number of carbonyl (C=O) groups excluding carboxylic acids is 2. The first kappa shape index (κ1) is 29.9. The molecule has 184 valence electrons. The Bertz CT molecular complexity index is 445. The van der Waals surface area contributed by atoms with Gasteiger partial charge in [-0.2, -0.15) is 0 Å². The standard InChI is InChI=1S/C27H52O4/c1-22(2)18-20-30-26(28)17-15-13-11-9-7-8-10-12-14-16-24(5)25(6)27(29)31-21-19-23(3)4/h22-25H,7-21H2,1-6H3. The Balaban J connectivity index is 3.49. The van der Waals surface area contributed by atoms with E-state index >= 15 is 0 Å². The van der Waals surface area contributed by atoms with Gasteiger partial charge in [-0.1, -0.05) is 92.9 Å². The van der Waals surface area contributed by atoms with E-state index in [9.17, 15) is 9.59 Å². The summed E-state index contributed by atoms with van der Waals surface area (Å²) in [6.45, 7) is 13.9. The smallest absolute Gasteiger partial charge is 0.308 e. The van der Waals surface area contributed by atoms with E-state index in [2.05, 4.69) is 34.6 Å². The summed E-state index contributed by atoms with van der Waals surface area (Å²) >= 11 is 0. The predicted molar refractivity (Wildman–Crippen MR) is 130 cm³/mol. The summed E-state index contributed by atoms with van der Waals surface area (Å²) in [6.07, 6.45) is 14.4. The molecule has 0 aliphatic heterocycles. The summed E-state index contributed by atoms with van der Waals surface area (Å²) in [5, 5.41) is 0. The number of hydrogen-bond donors (Lipinski definition) is 0. The van der Waals surface area contributed by atoms with Crippen molar-refractivity contribution in [3.63, 3.8) is 0 Å². The van der Waals surface area contributed by atoms with Crippen molar-refractivity contribution >= 4 is 11.9 Å². The lowest BCUT2D eigenvalue weighted by Crippen LogP contribution is -2.22. The van der Waals surface area contributed by atoms with Gasteiger partial charge >= 0.3 is 11.9 Å². The van der Waals surface area contributed by atoms with Gasteiger partial charge in [-0.15, -0.1) is 0 Å². The van der Waals surface area contributed by atoms with Crippen LogP contribution < -0.4 is 0 Å². The van der Waals surface area contributed by atoms with Gasteiger partial charge < -0.3 is 9.47 Å². The van der Waals surface area contributed by atoms with E-state index in [4.69, 9.17) is 9.47 Å². The van der Waals surface area contributed by atoms with Gasteiger partial charge in [0, 0.05) is 6.42 Å². The van der Waals surface area contributed by atoms with E-state index in [0.717, 1.165) is 32.1 Å². The van der Waals surface area contributed by atoms with E-state index in [1.165, 1.54) is 44.9 Å². The van der Waals surface area contributed by atoms with Crippen LogP contribution in [0.2, 0.25) is 0 Å². The van der Waals surface area contributed by atoms with Crippen molar-refractivity contribution in [2.24, 2.45) is 23.7 Å². The first-order chi connectivity index (χ1) is 14.7. The van der Waals surface area contributed by atoms with Crippen LogP contribution in [0, 0.1) is 23.7 Å². The molecule has 0 aromatic carbocycles. The highest BCUT2D eigenvalue weighted by atomic mass is 16.5. The quantitative estimate of drug-likeness (QED) is 0.143. The third-order valence-corrected chi connectivity index (χ3v) is 6.16. The minimum absolute atomic E-state index is 0.000324. The highest BCUT2D eigenvalue weighted by Crippen LogP contribution is 2.21. The van der Waals surface area contributed by atoms with Gasteiger partial charge in [-0.25, -0.2) is 0 Å². The Morgan fingerprint density at radius 3 is 1.55 bits per heavy atom. The van der Waals surface area contributed by atoms with Crippen molar-refractivity contribution in [3.8, 4) is 0 Å². The van der Waals surface area contributed by atoms with Crippen LogP contribution in [0.3, 0.4) is 0 Å². The minimum atomic E-state index is -0.0342. The molecule has 31 heavy (non-hydrogen) atoms. The lowest BCUT2D eigenvalue weighted by molar-refractivity contribution is -0.150. The Morgan fingerprint density at radius 1 is 0.581 bits per heavy atom. The molecule has 0 rings (SSSR count). The number of esters is 2. The maximum atomic E-state index is 12.1. The molecule has 0 N–H and O–H groups in total. The molecular weight excluding hydrogens is 388 g/mol. The number of carbonyl (C=O) groups is 2. The zero-order valence-electron chi connectivity index (χ0n) is 21.5. The van der Waals surface area contributed by atoms with Gasteiger partial charge in [0.1, 0.15) is 0 Å². The Labute approximate surface area is 193 Å². The van der Waals surface area contributed by atoms with Crippen molar-refractivity contribution in [1.82, 2.24) is 0 Å². The first-order valence-electron chi connectivity index (χ1n) is 13.1. The second kappa shape index (κ2) is 19.6. The molecule has 0 saturated heterocycles. The molecule has 0 amide bonds. The molecule has 0 heterocycles. The molecule has 0 fully saturated rings. The van der Waals surface area contributed by atoms with Crippen molar-refractivity contribution in [2.45, 2.75) is 125 Å². The fourth-order valence-electron chi connectivity index (χ4n) is 3.46. The number of unbranched alkanes of at least 4 members (excludes halogenated alkanes) is 8. The van der Waals surface area contributed by atoms with Gasteiger partial charge in [0.15, 0.2) is 0 Å². The molecular formula is C27H52O4. The number of hydrogen-bond acceptors (Lipinski definition) is 4. The molecule has 0 spiro atoms. The van der Waals surface area contributed by atoms with E-state index < -0.39 is 0 Å². The zero-order valence-corrected chi connectivity index (χ0v) is 21.5. The molecule has 4 heteroatoms. The summed E-state index contributed by atoms with van der Waals surface area (Å²) in [5.74, 6) is 1.49. The summed E-state index contributed by atoms with van der Waals surface area (Å²) in [6, 6.07) is 0. The monoisotopic (exact) mass is 440 g/mol. The normalized spacial score (nSPS) is 13.4. The summed E-state index contributed by atoms with van der Waals surface area (Å²) in [7, 11) is 0. The minimum Gasteiger partial charge on any atom is -0.466 e. The molecule has 0 aromatic heterocycles. The zero-order chi connectivity index (χ0) is 23.5. The molecule has 0 radical (unpaired) electrons. The molecule has 0 aliphatic rings. The largest absolute Gasteiger partial charge is 0.466 e. The van der Waals surface area contributed by atoms with Gasteiger partial charge in [0.25, 0.3) is 0 Å². The maximum absolute atomic E-state index is 12.1. The van der Waals surface area contributed by atoms with Gasteiger partial charge in [-0.05, 0) is 43.4 Å². The molecule has 0 bridgehead atoms. The van der Waals surface area contributed by atoms with Crippen LogP contribution in [0.5, 0.6) is 0 Å². The Morgan fingerprint density at radius 2 is 1.03 bits per heavy atom. The van der Waals surface area contributed by atoms with E-state index in [1.54, 1.807) is 0 Å². The second-order valence-electron chi connectivity index (χ2n) is 10.2. The number of ether oxygens (including phenoxy) is 2. The third-order valence-electron chi connectivity index (χ3n) is 6.16. The summed E-state index contributed by atoms with van der Waals surface area (Å²) < 4.78 is 10.7. The van der Waals surface area contributed by atoms with E-state index in [0.29, 0.717) is 37.4 Å². The molecule has 0 aromatic rings. The molecule has 0 aliphatic carbocycles. The van der Waals surface area contributed by atoms with Crippen molar-refractivity contribution in [2.75, 3.05) is 13.2 Å². The third kappa shape index (κ3) is 19.4. The highest BCUT2D eigenvalue weighted by Gasteiger charge is 2.21. The van der Waals surface area contributed by atoms with Crippen LogP contribution in [-0.2, 0) is 19.1 Å². The average molecular weight is 441 g/mol. The van der Waals surface area contributed by atoms with Crippen molar-refractivity contribution < 1.29 is 19.1 Å². The van der Waals surface area contributed by atoms with Crippen LogP contribution in [0.25, 0.3) is 0 Å². The first-order valence-corrected chi connectivity index (χ1v) is 13.1. The maximum Gasteiger partial charge on any atom is 0.308 e. The lowest BCUT2D eigenvalue weighted by Gasteiger charge is -2.19. The van der Waals surface area contributed by atoms with Crippen LogP contribution >= 0.6 is 0 Å². The lowest BCUT2D eigenvalue weighted by atomic mass is 9.90. The second-order valence-corrected chi connectivity index (χ2v) is 10.2. The van der Waals surface area contributed by atoms with Gasteiger partial charge in [0.2, 0.25) is 0 Å². The fourth-order valence-corrected chi connectivity index (χ4v) is 3.46. The number of rotatable bonds is 20. The fraction of sp³-hybridized carbons (Fsp3) is 0.926. The van der Waals surface area contributed by atoms with Crippen LogP contribution in [0.15, 0.2) is 0 Å². The topological polar surface area (TPSA) is 52.6 Å². The average Bonchev–Trinajstić information content (AvgIpc) is 2.70.